The first-order valence-electron chi connectivity index (χ1n) is 2.46. The summed E-state index contributed by atoms with van der Waals surface area (Å²) >= 11 is 0. The number of carbonyl (C=O) groups is 2. The van der Waals surface area contributed by atoms with Gasteiger partial charge in [0.2, 0.25) is 0 Å². The van der Waals surface area contributed by atoms with E-state index in [1.165, 1.54) is 0 Å². The van der Waals surface area contributed by atoms with Gasteiger partial charge in [0.15, 0.2) is 0 Å². The van der Waals surface area contributed by atoms with Gasteiger partial charge in [0, 0.05) is 12.2 Å². The fourth-order valence-electron chi connectivity index (χ4n) is 0.303. The van der Waals surface area contributed by atoms with Gasteiger partial charge in [-0.2, -0.15) is 7.82 Å². The van der Waals surface area contributed by atoms with E-state index in [9.17, 15) is 9.59 Å². The van der Waals surface area contributed by atoms with Crippen molar-refractivity contribution in [2.24, 2.45) is 0 Å². The summed E-state index contributed by atoms with van der Waals surface area (Å²) in [6.07, 6.45) is 2.17. The molecule has 0 aromatic heterocycles. The van der Waals surface area contributed by atoms with Crippen LogP contribution < -0.4 is 33.1 Å². The van der Waals surface area contributed by atoms with E-state index in [-0.39, 0.29) is 18.5 Å². The van der Waals surface area contributed by atoms with Crippen molar-refractivity contribution in [3.8, 4) is 0 Å². The number of hydrogen-bond donors (Lipinski definition) is 3. The maximum absolute atomic E-state index is 9.92. The van der Waals surface area contributed by atoms with Gasteiger partial charge in [0.25, 0.3) is 0 Å². The number of phosphoric acid groups is 1. The Bertz CT molecular complexity index is 247. The molecule has 0 saturated carbocycles. The molecule has 0 spiro atoms. The molecule has 1 aliphatic rings. The zero-order chi connectivity index (χ0) is 9.78. The predicted octanol–water partition coefficient (Wildman–Crippen LogP) is -2.07. The highest BCUT2D eigenvalue weighted by molar-refractivity contribution is 7.40. The Morgan fingerprint density at radius 2 is 1.13 bits per heavy atom. The minimum absolute atomic E-state index is 0. The minimum Gasteiger partial charge on any atom is -0.822 e. The van der Waals surface area contributed by atoms with Crippen molar-refractivity contribution >= 4 is 19.8 Å². The molecule has 11 heteroatoms. The number of ether oxygens (including phenoxy) is 1. The Hall–Kier alpha value is -1.13. The monoisotopic (exact) mass is 247 g/mol. The van der Waals surface area contributed by atoms with Crippen LogP contribution in [-0.2, 0) is 18.9 Å². The summed E-state index contributed by atoms with van der Waals surface area (Å²) in [5.74, 6) is -1.16. The summed E-state index contributed by atoms with van der Waals surface area (Å²) in [7, 11) is -5.39. The maximum Gasteiger partial charge on any atom is 0.338 e. The number of quaternary nitrogens is 3. The smallest absolute Gasteiger partial charge is 0.338 e. The lowest BCUT2D eigenvalue weighted by molar-refractivity contribution is -0.432. The second-order valence-electron chi connectivity index (χ2n) is 1.52. The summed E-state index contributed by atoms with van der Waals surface area (Å²) in [6.45, 7) is 0. The molecular formula is C4H14N3O7P. The van der Waals surface area contributed by atoms with Crippen LogP contribution in [-0.4, -0.2) is 11.9 Å². The van der Waals surface area contributed by atoms with Crippen molar-refractivity contribution in [2.75, 3.05) is 0 Å². The highest BCUT2D eigenvalue weighted by atomic mass is 31.2. The fourth-order valence-corrected chi connectivity index (χ4v) is 0.303. The third-order valence-electron chi connectivity index (χ3n) is 0.557. The Kier molecular flexibility index (Phi) is 14.8. The second kappa shape index (κ2) is 9.43. The molecular weight excluding hydrogens is 233 g/mol. The molecule has 0 bridgehead atoms. The highest BCUT2D eigenvalue weighted by Gasteiger charge is 2.10. The van der Waals surface area contributed by atoms with Gasteiger partial charge in [0.05, 0.1) is 0 Å². The number of rotatable bonds is 0. The largest absolute Gasteiger partial charge is 0.822 e. The number of cyclic esters (lactones) is 2. The molecule has 12 N–H and O–H groups in total. The number of hydrogen-bond acceptors (Lipinski definition) is 7. The van der Waals surface area contributed by atoms with Crippen LogP contribution in [0.25, 0.3) is 0 Å². The zero-order valence-corrected chi connectivity index (χ0v) is 9.35. The lowest BCUT2D eigenvalue weighted by Gasteiger charge is -2.36. The number of esters is 2. The van der Waals surface area contributed by atoms with Crippen LogP contribution in [0.15, 0.2) is 12.2 Å². The van der Waals surface area contributed by atoms with E-state index in [0.29, 0.717) is 0 Å². The van der Waals surface area contributed by atoms with E-state index >= 15 is 0 Å². The standard InChI is InChI=1S/C4H2O3.3H3N.H3O4P/c5-3-1-2-4(6)7-3;;;;1-5(2,3)4/h1-2H;3*1H3;(H3,1,2,3,4). The van der Waals surface area contributed by atoms with Gasteiger partial charge in [0.1, 0.15) is 0 Å². The molecule has 0 saturated heterocycles. The maximum atomic E-state index is 9.92. The third-order valence-corrected chi connectivity index (χ3v) is 0.557. The van der Waals surface area contributed by atoms with Crippen LogP contribution in [0.4, 0.5) is 0 Å². The molecule has 1 aliphatic heterocycles. The van der Waals surface area contributed by atoms with Gasteiger partial charge in [-0.15, -0.1) is 0 Å². The van der Waals surface area contributed by atoms with Crippen LogP contribution in [0, 0.1) is 0 Å². The van der Waals surface area contributed by atoms with Crippen molar-refractivity contribution in [3.05, 3.63) is 12.2 Å². The quantitative estimate of drug-likeness (QED) is 0.245. The molecule has 0 aromatic rings. The fraction of sp³-hybridized carbons (Fsp3) is 0. The molecule has 1 heterocycles. The van der Waals surface area contributed by atoms with E-state index in [1.54, 1.807) is 0 Å². The first-order valence-corrected chi connectivity index (χ1v) is 3.92. The Morgan fingerprint density at radius 3 is 1.20 bits per heavy atom. The van der Waals surface area contributed by atoms with Crippen molar-refractivity contribution < 1.29 is 33.6 Å². The highest BCUT2D eigenvalue weighted by Crippen LogP contribution is 2.03. The summed E-state index contributed by atoms with van der Waals surface area (Å²) in [5, 5.41) is 0. The number of carbonyl (C=O) groups excluding carboxylic acids is 2. The van der Waals surface area contributed by atoms with Crippen LogP contribution in [0.1, 0.15) is 0 Å². The van der Waals surface area contributed by atoms with E-state index in [2.05, 4.69) is 4.74 Å². The zero-order valence-electron chi connectivity index (χ0n) is 8.46. The summed E-state index contributed by atoms with van der Waals surface area (Å²) in [4.78, 5) is 45.5. The average molecular weight is 247 g/mol. The molecule has 10 nitrogen and oxygen atoms in total. The Balaban J connectivity index is -0.0000000701. The van der Waals surface area contributed by atoms with E-state index < -0.39 is 19.8 Å². The van der Waals surface area contributed by atoms with Gasteiger partial charge in [-0.3, -0.25) is 0 Å². The van der Waals surface area contributed by atoms with E-state index in [0.717, 1.165) is 12.2 Å². The first-order chi connectivity index (χ1) is 5.29. The van der Waals surface area contributed by atoms with Crippen LogP contribution >= 0.6 is 7.82 Å². The predicted molar refractivity (Wildman–Crippen MR) is 45.8 cm³/mol. The van der Waals surface area contributed by atoms with Crippen LogP contribution in [0.5, 0.6) is 0 Å². The van der Waals surface area contributed by atoms with E-state index in [4.69, 9.17) is 19.2 Å². The van der Waals surface area contributed by atoms with Gasteiger partial charge >= 0.3 is 11.9 Å². The average Bonchev–Trinajstić information content (AvgIpc) is 2.09. The molecule has 15 heavy (non-hydrogen) atoms. The molecule has 1 rings (SSSR count). The van der Waals surface area contributed by atoms with Crippen molar-refractivity contribution in [1.82, 2.24) is 18.5 Å². The molecule has 0 atom stereocenters. The van der Waals surface area contributed by atoms with Crippen LogP contribution in [0.2, 0.25) is 0 Å². The molecule has 0 unspecified atom stereocenters. The SMILES string of the molecule is O=C1C=CC(=O)O1.O=P([O-])([O-])[O-].[NH4+].[NH4+].[NH4+]. The van der Waals surface area contributed by atoms with Gasteiger partial charge < -0.3 is 42.4 Å². The second-order valence-corrected chi connectivity index (χ2v) is 2.42. The van der Waals surface area contributed by atoms with Gasteiger partial charge in [-0.1, -0.05) is 0 Å². The van der Waals surface area contributed by atoms with Gasteiger partial charge in [-0.25, -0.2) is 9.59 Å². The molecule has 92 valence electrons. The van der Waals surface area contributed by atoms with Gasteiger partial charge in [-0.05, 0) is 0 Å². The molecule has 0 aliphatic carbocycles. The summed E-state index contributed by atoms with van der Waals surface area (Å²) < 4.78 is 12.5. The Labute approximate surface area is 84.9 Å². The topological polar surface area (TPSA) is 239 Å². The normalized spacial score (nSPS) is 12.2. The summed E-state index contributed by atoms with van der Waals surface area (Å²) in [5.41, 5.74) is 0. The molecule has 0 fully saturated rings. The summed E-state index contributed by atoms with van der Waals surface area (Å²) in [6, 6.07) is 0. The third kappa shape index (κ3) is 24.6. The van der Waals surface area contributed by atoms with E-state index in [1.807, 2.05) is 0 Å². The van der Waals surface area contributed by atoms with Crippen molar-refractivity contribution in [3.63, 3.8) is 0 Å². The van der Waals surface area contributed by atoms with Crippen molar-refractivity contribution in [1.29, 1.82) is 0 Å². The minimum atomic E-state index is -5.39. The molecule has 0 aromatic carbocycles. The van der Waals surface area contributed by atoms with Crippen molar-refractivity contribution in [2.45, 2.75) is 0 Å². The Morgan fingerprint density at radius 1 is 0.933 bits per heavy atom. The lowest BCUT2D eigenvalue weighted by Crippen LogP contribution is -2.24. The first kappa shape index (κ1) is 23.6. The molecule has 0 amide bonds. The molecule has 0 radical (unpaired) electrons. The van der Waals surface area contributed by atoms with Crippen LogP contribution in [0.3, 0.4) is 0 Å². The lowest BCUT2D eigenvalue weighted by atomic mass is 10.6.